The Balaban J connectivity index is 1.66. The SMILES string of the molecule is CC[C@@H]1CCCCN1C(=O)c1cc2n(n1)[C@H](C(F)(F)F)C[C@@H](c1ccc(Cl)cc1)N2. The molecule has 2 aliphatic rings. The first-order valence-electron chi connectivity index (χ1n) is 10.3. The normalized spacial score (nSPS) is 24.3. The molecule has 1 saturated heterocycles. The first kappa shape index (κ1) is 21.0. The van der Waals surface area contributed by atoms with Gasteiger partial charge >= 0.3 is 6.18 Å². The highest BCUT2D eigenvalue weighted by molar-refractivity contribution is 6.30. The number of alkyl halides is 3. The van der Waals surface area contributed by atoms with E-state index in [1.807, 2.05) is 6.92 Å². The average molecular weight is 441 g/mol. The lowest BCUT2D eigenvalue weighted by Crippen LogP contribution is -2.43. The second kappa shape index (κ2) is 8.13. The van der Waals surface area contributed by atoms with Gasteiger partial charge in [-0.05, 0) is 43.4 Å². The van der Waals surface area contributed by atoms with E-state index in [1.165, 1.54) is 6.07 Å². The molecular weight excluding hydrogens is 417 g/mol. The van der Waals surface area contributed by atoms with Gasteiger partial charge in [0.05, 0.1) is 6.04 Å². The molecule has 1 aromatic heterocycles. The van der Waals surface area contributed by atoms with Crippen LogP contribution < -0.4 is 5.32 Å². The summed E-state index contributed by atoms with van der Waals surface area (Å²) >= 11 is 5.91. The molecule has 0 spiro atoms. The van der Waals surface area contributed by atoms with E-state index in [2.05, 4.69) is 10.4 Å². The van der Waals surface area contributed by atoms with Crippen LogP contribution in [0.2, 0.25) is 5.02 Å². The van der Waals surface area contributed by atoms with Crippen molar-refractivity contribution in [2.45, 2.75) is 63.3 Å². The maximum Gasteiger partial charge on any atom is 0.410 e. The number of hydrogen-bond donors (Lipinski definition) is 1. The third kappa shape index (κ3) is 4.02. The number of aromatic nitrogens is 2. The minimum atomic E-state index is -4.48. The Kier molecular flexibility index (Phi) is 5.70. The molecule has 1 fully saturated rings. The van der Waals surface area contributed by atoms with Crippen LogP contribution in [0.4, 0.5) is 19.0 Å². The second-order valence-electron chi connectivity index (χ2n) is 7.96. The summed E-state index contributed by atoms with van der Waals surface area (Å²) in [6.07, 6.45) is -1.00. The van der Waals surface area contributed by atoms with Crippen molar-refractivity contribution in [3.8, 4) is 0 Å². The lowest BCUT2D eigenvalue weighted by molar-refractivity contribution is -0.173. The minimum absolute atomic E-state index is 0.0591. The number of likely N-dealkylation sites (tertiary alicyclic amines) is 1. The van der Waals surface area contributed by atoms with E-state index < -0.39 is 18.3 Å². The van der Waals surface area contributed by atoms with Crippen LogP contribution in [0.3, 0.4) is 0 Å². The molecule has 0 aliphatic carbocycles. The predicted molar refractivity (Wildman–Crippen MR) is 109 cm³/mol. The number of fused-ring (bicyclic) bond motifs is 1. The standard InChI is InChI=1S/C21H24ClF3N4O/c1-2-15-5-3-4-10-28(15)20(30)17-12-19-26-16(13-6-8-14(22)9-7-13)11-18(21(23,24)25)29(19)27-17/h6-9,12,15-16,18,26H,2-5,10-11H2,1H3/t15-,16+,18+/m1/s1. The molecule has 5 nitrogen and oxygen atoms in total. The van der Waals surface area contributed by atoms with Crippen molar-refractivity contribution in [2.24, 2.45) is 0 Å². The van der Waals surface area contributed by atoms with Crippen molar-refractivity contribution in [2.75, 3.05) is 11.9 Å². The third-order valence-electron chi connectivity index (χ3n) is 6.04. The van der Waals surface area contributed by atoms with Gasteiger partial charge in [0.1, 0.15) is 5.82 Å². The fourth-order valence-corrected chi connectivity index (χ4v) is 4.56. The number of rotatable bonds is 3. The van der Waals surface area contributed by atoms with Crippen LogP contribution in [0.15, 0.2) is 30.3 Å². The van der Waals surface area contributed by atoms with Gasteiger partial charge in [-0.25, -0.2) is 4.68 Å². The number of nitrogens with zero attached hydrogens (tertiary/aromatic N) is 3. The molecule has 0 unspecified atom stereocenters. The van der Waals surface area contributed by atoms with Gasteiger partial charge < -0.3 is 10.2 Å². The summed E-state index contributed by atoms with van der Waals surface area (Å²) in [7, 11) is 0. The van der Waals surface area contributed by atoms with Gasteiger partial charge in [0.25, 0.3) is 5.91 Å². The number of benzene rings is 1. The largest absolute Gasteiger partial charge is 0.410 e. The first-order chi connectivity index (χ1) is 14.3. The molecule has 1 amide bonds. The number of carbonyl (C=O) groups excluding carboxylic acids is 1. The number of amides is 1. The molecule has 2 aromatic rings. The number of anilines is 1. The first-order valence-corrected chi connectivity index (χ1v) is 10.6. The van der Waals surface area contributed by atoms with Gasteiger partial charge in [0, 0.05) is 30.1 Å². The summed E-state index contributed by atoms with van der Waals surface area (Å²) in [5.74, 6) is -0.0915. The van der Waals surface area contributed by atoms with Gasteiger partial charge in [-0.3, -0.25) is 4.79 Å². The monoisotopic (exact) mass is 440 g/mol. The molecule has 9 heteroatoms. The zero-order valence-corrected chi connectivity index (χ0v) is 17.4. The molecule has 4 rings (SSSR count). The molecule has 2 aliphatic heterocycles. The lowest BCUT2D eigenvalue weighted by atomic mass is 9.97. The van der Waals surface area contributed by atoms with Crippen molar-refractivity contribution in [3.05, 3.63) is 46.6 Å². The Bertz CT molecular complexity index is 912. The van der Waals surface area contributed by atoms with Crippen LogP contribution >= 0.6 is 11.6 Å². The van der Waals surface area contributed by atoms with Crippen LogP contribution in [0.5, 0.6) is 0 Å². The maximum absolute atomic E-state index is 13.8. The highest BCUT2D eigenvalue weighted by atomic mass is 35.5. The van der Waals surface area contributed by atoms with Crippen LogP contribution in [0.1, 0.15) is 67.2 Å². The minimum Gasteiger partial charge on any atom is -0.363 e. The smallest absolute Gasteiger partial charge is 0.363 e. The number of hydrogen-bond acceptors (Lipinski definition) is 3. The van der Waals surface area contributed by atoms with Crippen molar-refractivity contribution >= 4 is 23.3 Å². The number of nitrogens with one attached hydrogen (secondary N) is 1. The van der Waals surface area contributed by atoms with Crippen molar-refractivity contribution in [3.63, 3.8) is 0 Å². The Hall–Kier alpha value is -2.22. The van der Waals surface area contributed by atoms with E-state index in [0.29, 0.717) is 17.1 Å². The molecule has 30 heavy (non-hydrogen) atoms. The Morgan fingerprint density at radius 3 is 2.67 bits per heavy atom. The van der Waals surface area contributed by atoms with Gasteiger partial charge in [-0.15, -0.1) is 0 Å². The van der Waals surface area contributed by atoms with E-state index in [-0.39, 0.29) is 29.9 Å². The third-order valence-corrected chi connectivity index (χ3v) is 6.29. The second-order valence-corrected chi connectivity index (χ2v) is 8.39. The van der Waals surface area contributed by atoms with Crippen molar-refractivity contribution in [1.29, 1.82) is 0 Å². The van der Waals surface area contributed by atoms with Gasteiger partial charge in [0.2, 0.25) is 0 Å². The van der Waals surface area contributed by atoms with E-state index in [9.17, 15) is 18.0 Å². The summed E-state index contributed by atoms with van der Waals surface area (Å²) in [5.41, 5.74) is 0.764. The van der Waals surface area contributed by atoms with Crippen LogP contribution in [0.25, 0.3) is 0 Å². The van der Waals surface area contributed by atoms with Gasteiger partial charge in [-0.1, -0.05) is 30.7 Å². The molecule has 0 bridgehead atoms. The van der Waals surface area contributed by atoms with Gasteiger partial charge in [-0.2, -0.15) is 18.3 Å². The fraction of sp³-hybridized carbons (Fsp3) is 0.524. The van der Waals surface area contributed by atoms with Crippen molar-refractivity contribution < 1.29 is 18.0 Å². The molecule has 3 atom stereocenters. The van der Waals surface area contributed by atoms with Crippen LogP contribution in [-0.4, -0.2) is 39.4 Å². The molecular formula is C21H24ClF3N4O. The van der Waals surface area contributed by atoms with E-state index >= 15 is 0 Å². The summed E-state index contributed by atoms with van der Waals surface area (Å²) in [6, 6.07) is 5.93. The Morgan fingerprint density at radius 2 is 2.00 bits per heavy atom. The summed E-state index contributed by atoms with van der Waals surface area (Å²) < 4.78 is 42.5. The number of piperidine rings is 1. The van der Waals surface area contributed by atoms with Gasteiger partial charge in [0.15, 0.2) is 11.7 Å². The van der Waals surface area contributed by atoms with E-state index in [0.717, 1.165) is 30.4 Å². The predicted octanol–water partition coefficient (Wildman–Crippen LogP) is 5.60. The molecule has 162 valence electrons. The van der Waals surface area contributed by atoms with E-state index in [1.54, 1.807) is 29.2 Å². The molecule has 0 radical (unpaired) electrons. The quantitative estimate of drug-likeness (QED) is 0.675. The topological polar surface area (TPSA) is 50.2 Å². The Morgan fingerprint density at radius 1 is 1.27 bits per heavy atom. The van der Waals surface area contributed by atoms with Crippen molar-refractivity contribution in [1.82, 2.24) is 14.7 Å². The molecule has 3 heterocycles. The lowest BCUT2D eigenvalue weighted by Gasteiger charge is -2.34. The molecule has 1 N–H and O–H groups in total. The summed E-state index contributed by atoms with van der Waals surface area (Å²) in [6.45, 7) is 2.63. The Labute approximate surface area is 178 Å². The van der Waals surface area contributed by atoms with E-state index in [4.69, 9.17) is 11.6 Å². The highest BCUT2D eigenvalue weighted by Gasteiger charge is 2.47. The highest BCUT2D eigenvalue weighted by Crippen LogP contribution is 2.43. The fourth-order valence-electron chi connectivity index (χ4n) is 4.43. The zero-order chi connectivity index (χ0) is 21.5. The number of halogens is 4. The molecule has 1 aromatic carbocycles. The van der Waals surface area contributed by atoms with Crippen LogP contribution in [-0.2, 0) is 0 Å². The molecule has 0 saturated carbocycles. The summed E-state index contributed by atoms with van der Waals surface area (Å²) in [5, 5.41) is 7.75. The zero-order valence-electron chi connectivity index (χ0n) is 16.6. The van der Waals surface area contributed by atoms with Crippen LogP contribution in [0, 0.1) is 0 Å². The number of carbonyl (C=O) groups is 1. The average Bonchev–Trinajstić information content (AvgIpc) is 3.16. The summed E-state index contributed by atoms with van der Waals surface area (Å²) in [4.78, 5) is 14.8. The maximum atomic E-state index is 13.8.